The second kappa shape index (κ2) is 11.7. The first kappa shape index (κ1) is 27.5. The third-order valence-electron chi connectivity index (χ3n) is 8.73. The Morgan fingerprint density at radius 1 is 0.902 bits per heavy atom. The molecule has 0 spiro atoms. The highest BCUT2D eigenvalue weighted by Crippen LogP contribution is 2.41. The van der Waals surface area contributed by atoms with Crippen LogP contribution < -0.4 is 10.6 Å². The van der Waals surface area contributed by atoms with Gasteiger partial charge in [0, 0.05) is 55.3 Å². The number of nitrogens with one attached hydrogen (secondary N) is 2. The Bertz CT molecular complexity index is 1390. The van der Waals surface area contributed by atoms with Crippen molar-refractivity contribution in [3.63, 3.8) is 0 Å². The molecule has 2 aliphatic carbocycles. The number of carbonyl (C=O) groups excluding carboxylic acids is 2. The van der Waals surface area contributed by atoms with Crippen LogP contribution in [0.3, 0.4) is 0 Å². The summed E-state index contributed by atoms with van der Waals surface area (Å²) in [5.41, 5.74) is 0.419. The van der Waals surface area contributed by atoms with Crippen molar-refractivity contribution in [3.05, 3.63) is 77.2 Å². The normalized spacial score (nSPS) is 25.0. The van der Waals surface area contributed by atoms with E-state index in [1.54, 1.807) is 0 Å². The number of hydrogen-bond acceptors (Lipinski definition) is 5. The summed E-state index contributed by atoms with van der Waals surface area (Å²) in [6.07, 6.45) is 7.29. The van der Waals surface area contributed by atoms with Crippen molar-refractivity contribution in [2.75, 3.05) is 13.1 Å². The highest BCUT2D eigenvalue weighted by molar-refractivity contribution is 5.94. The van der Waals surface area contributed by atoms with E-state index in [0.717, 1.165) is 31.9 Å². The number of amides is 2. The molecule has 2 amide bonds. The van der Waals surface area contributed by atoms with Gasteiger partial charge < -0.3 is 15.2 Å². The molecule has 0 bridgehead atoms. The van der Waals surface area contributed by atoms with Crippen LogP contribution in [0.1, 0.15) is 66.9 Å². The van der Waals surface area contributed by atoms with E-state index in [9.17, 15) is 22.8 Å². The van der Waals surface area contributed by atoms with Gasteiger partial charge in [-0.3, -0.25) is 14.5 Å². The summed E-state index contributed by atoms with van der Waals surface area (Å²) in [6, 6.07) is 12.3. The highest BCUT2D eigenvalue weighted by Gasteiger charge is 2.43. The third-order valence-corrected chi connectivity index (χ3v) is 8.73. The standard InChI is InChI=1S/C31H33F3N4O3/c32-19-13-23(33)29(24(34)14-19)28-16-27(37-41-28)31(40)35-25-11-12-38(20-9-5-2-6-10-20)17-22(25)30(39)36-26-15-21(26)18-7-3-1-4-8-18/h1,3-4,7-8,13-14,16,20-22,25-26H,2,5-6,9-12,15,17H2,(H,35,40)(H,36,39)/t21-,22+,25+,26+/m0/s1. The van der Waals surface area contributed by atoms with E-state index in [2.05, 4.69) is 32.8 Å². The molecule has 41 heavy (non-hydrogen) atoms. The SMILES string of the molecule is O=C(N[C@@H]1CCN(C2CCCCC2)C[C@H]1C(=O)N[C@@H]1C[C@H]1c1ccccc1)c1cc(-c2c(F)cc(F)cc2F)on1. The molecular formula is C31H33F3N4O3. The summed E-state index contributed by atoms with van der Waals surface area (Å²) >= 11 is 0. The number of hydrogen-bond donors (Lipinski definition) is 2. The average Bonchev–Trinajstić information content (AvgIpc) is 3.57. The minimum atomic E-state index is -1.16. The smallest absolute Gasteiger partial charge is 0.273 e. The molecule has 3 aliphatic rings. The molecule has 2 saturated carbocycles. The summed E-state index contributed by atoms with van der Waals surface area (Å²) in [4.78, 5) is 29.2. The van der Waals surface area contributed by atoms with Crippen LogP contribution >= 0.6 is 0 Å². The van der Waals surface area contributed by atoms with Gasteiger partial charge in [-0.1, -0.05) is 54.8 Å². The van der Waals surface area contributed by atoms with E-state index in [1.165, 1.54) is 24.8 Å². The fraction of sp³-hybridized carbons (Fsp3) is 0.452. The van der Waals surface area contributed by atoms with Gasteiger partial charge in [0.05, 0.1) is 11.5 Å². The molecule has 4 atom stereocenters. The molecule has 0 unspecified atom stereocenters. The van der Waals surface area contributed by atoms with E-state index >= 15 is 0 Å². The monoisotopic (exact) mass is 566 g/mol. The summed E-state index contributed by atoms with van der Waals surface area (Å²) < 4.78 is 46.9. The molecule has 3 fully saturated rings. The van der Waals surface area contributed by atoms with Crippen LogP contribution in [0.15, 0.2) is 53.1 Å². The van der Waals surface area contributed by atoms with Crippen molar-refractivity contribution in [2.24, 2.45) is 5.92 Å². The Kier molecular flexibility index (Phi) is 7.84. The fourth-order valence-electron chi connectivity index (χ4n) is 6.43. The van der Waals surface area contributed by atoms with Crippen molar-refractivity contribution in [2.45, 2.75) is 69.0 Å². The fourth-order valence-corrected chi connectivity index (χ4v) is 6.43. The molecule has 10 heteroatoms. The predicted molar refractivity (Wildman–Crippen MR) is 145 cm³/mol. The predicted octanol–water partition coefficient (Wildman–Crippen LogP) is 5.18. The van der Waals surface area contributed by atoms with Crippen molar-refractivity contribution in [1.29, 1.82) is 0 Å². The lowest BCUT2D eigenvalue weighted by Gasteiger charge is -2.43. The van der Waals surface area contributed by atoms with Crippen molar-refractivity contribution in [1.82, 2.24) is 20.7 Å². The first-order valence-electron chi connectivity index (χ1n) is 14.4. The summed E-state index contributed by atoms with van der Waals surface area (Å²) in [5, 5.41) is 9.85. The Morgan fingerprint density at radius 3 is 2.37 bits per heavy atom. The number of carbonyl (C=O) groups is 2. The minimum absolute atomic E-state index is 0.0601. The van der Waals surface area contributed by atoms with Crippen LogP contribution in [0.25, 0.3) is 11.3 Å². The Morgan fingerprint density at radius 2 is 1.63 bits per heavy atom. The number of halogens is 3. The molecule has 216 valence electrons. The molecule has 6 rings (SSSR count). The molecule has 2 aromatic carbocycles. The zero-order valence-electron chi connectivity index (χ0n) is 22.6. The Hall–Kier alpha value is -3.66. The van der Waals surface area contributed by atoms with Crippen LogP contribution in [-0.4, -0.2) is 53.1 Å². The van der Waals surface area contributed by atoms with Crippen LogP contribution in [0.4, 0.5) is 13.2 Å². The topological polar surface area (TPSA) is 87.5 Å². The van der Waals surface area contributed by atoms with Crippen molar-refractivity contribution in [3.8, 4) is 11.3 Å². The van der Waals surface area contributed by atoms with Gasteiger partial charge in [0.15, 0.2) is 11.5 Å². The summed E-state index contributed by atoms with van der Waals surface area (Å²) in [7, 11) is 0. The van der Waals surface area contributed by atoms with Crippen LogP contribution in [0.5, 0.6) is 0 Å². The van der Waals surface area contributed by atoms with Crippen molar-refractivity contribution < 1.29 is 27.3 Å². The average molecular weight is 567 g/mol. The van der Waals surface area contributed by atoms with Crippen LogP contribution in [0, 0.1) is 23.4 Å². The first-order chi connectivity index (χ1) is 19.9. The van der Waals surface area contributed by atoms with Gasteiger partial charge in [0.2, 0.25) is 5.91 Å². The second-order valence-electron chi connectivity index (χ2n) is 11.5. The van der Waals surface area contributed by atoms with E-state index < -0.39 is 40.9 Å². The van der Waals surface area contributed by atoms with Gasteiger partial charge in [-0.05, 0) is 31.2 Å². The molecule has 1 saturated heterocycles. The maximum atomic E-state index is 14.2. The van der Waals surface area contributed by atoms with E-state index in [-0.39, 0.29) is 29.3 Å². The second-order valence-corrected chi connectivity index (χ2v) is 11.5. The zero-order valence-corrected chi connectivity index (χ0v) is 22.6. The maximum Gasteiger partial charge on any atom is 0.273 e. The Labute approximate surface area is 236 Å². The van der Waals surface area contributed by atoms with Gasteiger partial charge in [0.1, 0.15) is 17.5 Å². The number of benzene rings is 2. The van der Waals surface area contributed by atoms with E-state index in [4.69, 9.17) is 4.52 Å². The largest absolute Gasteiger partial charge is 0.355 e. The van der Waals surface area contributed by atoms with Gasteiger partial charge >= 0.3 is 0 Å². The Balaban J connectivity index is 1.16. The summed E-state index contributed by atoms with van der Waals surface area (Å²) in [6.45, 7) is 1.30. The molecule has 1 aromatic heterocycles. The first-order valence-corrected chi connectivity index (χ1v) is 14.4. The lowest BCUT2D eigenvalue weighted by molar-refractivity contribution is -0.128. The van der Waals surface area contributed by atoms with E-state index in [0.29, 0.717) is 31.1 Å². The lowest BCUT2D eigenvalue weighted by Crippen LogP contribution is -2.58. The number of rotatable bonds is 7. The molecule has 7 nitrogen and oxygen atoms in total. The quantitative estimate of drug-likeness (QED) is 0.412. The van der Waals surface area contributed by atoms with Crippen LogP contribution in [0.2, 0.25) is 0 Å². The number of aromatic nitrogens is 1. The maximum absolute atomic E-state index is 14.2. The number of likely N-dealkylation sites (tertiary alicyclic amines) is 1. The molecule has 2 heterocycles. The third kappa shape index (κ3) is 6.02. The van der Waals surface area contributed by atoms with Crippen LogP contribution in [-0.2, 0) is 4.79 Å². The summed E-state index contributed by atoms with van der Waals surface area (Å²) in [5.74, 6) is -4.59. The minimum Gasteiger partial charge on any atom is -0.355 e. The number of piperidine rings is 1. The number of nitrogens with zero attached hydrogens (tertiary/aromatic N) is 2. The molecule has 3 aromatic rings. The highest BCUT2D eigenvalue weighted by atomic mass is 19.1. The molecule has 1 aliphatic heterocycles. The van der Waals surface area contributed by atoms with Gasteiger partial charge in [0.25, 0.3) is 5.91 Å². The zero-order chi connectivity index (χ0) is 28.5. The van der Waals surface area contributed by atoms with Gasteiger partial charge in [-0.2, -0.15) is 0 Å². The molecule has 0 radical (unpaired) electrons. The lowest BCUT2D eigenvalue weighted by atomic mass is 9.87. The van der Waals surface area contributed by atoms with Gasteiger partial charge in [-0.15, -0.1) is 0 Å². The molecule has 2 N–H and O–H groups in total. The molecular weight excluding hydrogens is 533 g/mol. The van der Waals surface area contributed by atoms with E-state index in [1.807, 2.05) is 18.2 Å². The van der Waals surface area contributed by atoms with Crippen molar-refractivity contribution >= 4 is 11.8 Å². The van der Waals surface area contributed by atoms with Gasteiger partial charge in [-0.25, -0.2) is 13.2 Å².